The van der Waals surface area contributed by atoms with Crippen LogP contribution < -0.4 is 5.73 Å². The Labute approximate surface area is 106 Å². The number of nitrogens with two attached hydrogens (primary N) is 1. The third-order valence-electron chi connectivity index (χ3n) is 2.17. The minimum absolute atomic E-state index is 0.189. The number of nitriles is 1. The highest BCUT2D eigenvalue weighted by Gasteiger charge is 2.11. The van der Waals surface area contributed by atoms with Crippen molar-refractivity contribution in [2.45, 2.75) is 9.92 Å². The molecule has 1 heterocycles. The molecule has 0 saturated heterocycles. The highest BCUT2D eigenvalue weighted by molar-refractivity contribution is 7.99. The molecule has 2 rings (SSSR count). The van der Waals surface area contributed by atoms with E-state index < -0.39 is 11.6 Å². The van der Waals surface area contributed by atoms with Gasteiger partial charge in [0.25, 0.3) is 0 Å². The predicted molar refractivity (Wildman–Crippen MR) is 63.8 cm³/mol. The van der Waals surface area contributed by atoms with Crippen molar-refractivity contribution in [1.82, 2.24) is 4.98 Å². The molecule has 6 heteroatoms. The zero-order valence-corrected chi connectivity index (χ0v) is 9.84. The number of hydrogen-bond acceptors (Lipinski definition) is 4. The van der Waals surface area contributed by atoms with E-state index >= 15 is 0 Å². The highest BCUT2D eigenvalue weighted by Crippen LogP contribution is 2.33. The molecule has 18 heavy (non-hydrogen) atoms. The van der Waals surface area contributed by atoms with Crippen molar-refractivity contribution >= 4 is 17.4 Å². The molecule has 0 unspecified atom stereocenters. The third-order valence-corrected chi connectivity index (χ3v) is 3.24. The Bertz CT molecular complexity index is 638. The number of nitrogen functional groups attached to an aromatic ring is 1. The number of aromatic nitrogens is 1. The van der Waals surface area contributed by atoms with E-state index in [1.807, 2.05) is 6.07 Å². The second-order valence-electron chi connectivity index (χ2n) is 3.37. The molecular formula is C12H7F2N3S. The topological polar surface area (TPSA) is 62.7 Å². The van der Waals surface area contributed by atoms with Gasteiger partial charge in [-0.2, -0.15) is 5.26 Å². The first-order valence-corrected chi connectivity index (χ1v) is 5.71. The molecule has 0 amide bonds. The fourth-order valence-corrected chi connectivity index (χ4v) is 2.13. The highest BCUT2D eigenvalue weighted by atomic mass is 32.2. The standard InChI is InChI=1S/C12H7F2N3S/c13-8-1-2-10(9(14)5-8)18-12-11(16)7(6-15)3-4-17-12/h1-5H,16H2. The second-order valence-corrected chi connectivity index (χ2v) is 4.40. The van der Waals surface area contributed by atoms with Crippen molar-refractivity contribution in [1.29, 1.82) is 5.26 Å². The van der Waals surface area contributed by atoms with Crippen LogP contribution in [0.4, 0.5) is 14.5 Å². The molecular weight excluding hydrogens is 256 g/mol. The van der Waals surface area contributed by atoms with Gasteiger partial charge in [-0.15, -0.1) is 0 Å². The Morgan fingerprint density at radius 3 is 2.72 bits per heavy atom. The van der Waals surface area contributed by atoms with E-state index in [-0.39, 0.29) is 16.1 Å². The molecule has 2 aromatic rings. The second kappa shape index (κ2) is 5.02. The molecule has 0 aliphatic carbocycles. The van der Waals surface area contributed by atoms with Crippen LogP contribution in [-0.4, -0.2) is 4.98 Å². The molecule has 90 valence electrons. The Hall–Kier alpha value is -2.13. The average molecular weight is 263 g/mol. The molecule has 0 spiro atoms. The summed E-state index contributed by atoms with van der Waals surface area (Å²) in [4.78, 5) is 4.17. The minimum atomic E-state index is -0.691. The smallest absolute Gasteiger partial charge is 0.140 e. The number of nitrogens with zero attached hydrogens (tertiary/aromatic N) is 2. The van der Waals surface area contributed by atoms with Gasteiger partial charge in [-0.1, -0.05) is 11.8 Å². The van der Waals surface area contributed by atoms with E-state index in [1.165, 1.54) is 18.3 Å². The molecule has 0 aliphatic heterocycles. The van der Waals surface area contributed by atoms with Crippen LogP contribution in [0.1, 0.15) is 5.56 Å². The monoisotopic (exact) mass is 263 g/mol. The molecule has 0 radical (unpaired) electrons. The van der Waals surface area contributed by atoms with Gasteiger partial charge >= 0.3 is 0 Å². The van der Waals surface area contributed by atoms with Crippen LogP contribution in [0.2, 0.25) is 0 Å². The predicted octanol–water partition coefficient (Wildman–Crippen LogP) is 2.96. The Morgan fingerprint density at radius 2 is 2.06 bits per heavy atom. The number of halogens is 2. The first-order chi connectivity index (χ1) is 8.61. The molecule has 1 aromatic heterocycles. The Balaban J connectivity index is 2.38. The summed E-state index contributed by atoms with van der Waals surface area (Å²) in [5, 5.41) is 9.13. The van der Waals surface area contributed by atoms with E-state index in [0.29, 0.717) is 5.03 Å². The number of anilines is 1. The Morgan fingerprint density at radius 1 is 1.28 bits per heavy atom. The maximum absolute atomic E-state index is 13.5. The summed E-state index contributed by atoms with van der Waals surface area (Å²) in [6, 6.07) is 6.62. The van der Waals surface area contributed by atoms with Gasteiger partial charge in [-0.05, 0) is 18.2 Å². The van der Waals surface area contributed by atoms with Gasteiger partial charge in [0.1, 0.15) is 22.7 Å². The van der Waals surface area contributed by atoms with Gasteiger partial charge in [0.15, 0.2) is 0 Å². The van der Waals surface area contributed by atoms with Crippen molar-refractivity contribution in [2.24, 2.45) is 0 Å². The van der Waals surface area contributed by atoms with Crippen LogP contribution in [0.3, 0.4) is 0 Å². The average Bonchev–Trinajstić information content (AvgIpc) is 2.35. The van der Waals surface area contributed by atoms with E-state index in [0.717, 1.165) is 23.9 Å². The number of pyridine rings is 1. The molecule has 0 atom stereocenters. The van der Waals surface area contributed by atoms with Gasteiger partial charge in [-0.3, -0.25) is 0 Å². The lowest BCUT2D eigenvalue weighted by Crippen LogP contribution is -1.96. The summed E-state index contributed by atoms with van der Waals surface area (Å²) in [5.41, 5.74) is 6.18. The Kier molecular flexibility index (Phi) is 3.44. The van der Waals surface area contributed by atoms with Crippen molar-refractivity contribution in [3.63, 3.8) is 0 Å². The van der Waals surface area contributed by atoms with Gasteiger partial charge in [0.2, 0.25) is 0 Å². The summed E-state index contributed by atoms with van der Waals surface area (Å²) in [5.74, 6) is -1.34. The van der Waals surface area contributed by atoms with Crippen LogP contribution >= 0.6 is 11.8 Å². The van der Waals surface area contributed by atoms with Crippen molar-refractivity contribution in [3.8, 4) is 6.07 Å². The zero-order chi connectivity index (χ0) is 13.1. The van der Waals surface area contributed by atoms with Gasteiger partial charge < -0.3 is 5.73 Å². The zero-order valence-electron chi connectivity index (χ0n) is 9.02. The normalized spacial score (nSPS) is 10.1. The summed E-state index contributed by atoms with van der Waals surface area (Å²) < 4.78 is 26.2. The van der Waals surface area contributed by atoms with Crippen LogP contribution in [-0.2, 0) is 0 Å². The van der Waals surface area contributed by atoms with Crippen LogP contribution in [0.15, 0.2) is 40.4 Å². The first kappa shape index (κ1) is 12.3. The minimum Gasteiger partial charge on any atom is -0.395 e. The lowest BCUT2D eigenvalue weighted by molar-refractivity contribution is 0.565. The number of hydrogen-bond donors (Lipinski definition) is 1. The molecule has 0 aliphatic rings. The lowest BCUT2D eigenvalue weighted by Gasteiger charge is -2.06. The fourth-order valence-electron chi connectivity index (χ4n) is 1.29. The van der Waals surface area contributed by atoms with Crippen molar-refractivity contribution < 1.29 is 8.78 Å². The molecule has 3 nitrogen and oxygen atoms in total. The van der Waals surface area contributed by atoms with Crippen LogP contribution in [0.5, 0.6) is 0 Å². The van der Waals surface area contributed by atoms with E-state index in [4.69, 9.17) is 11.0 Å². The quantitative estimate of drug-likeness (QED) is 0.904. The molecule has 0 bridgehead atoms. The number of rotatable bonds is 2. The SMILES string of the molecule is N#Cc1ccnc(Sc2ccc(F)cc2F)c1N. The first-order valence-electron chi connectivity index (χ1n) is 4.89. The van der Waals surface area contributed by atoms with E-state index in [9.17, 15) is 8.78 Å². The third kappa shape index (κ3) is 2.41. The van der Waals surface area contributed by atoms with E-state index in [1.54, 1.807) is 0 Å². The van der Waals surface area contributed by atoms with Gasteiger partial charge in [0.05, 0.1) is 11.3 Å². The molecule has 0 fully saturated rings. The number of benzene rings is 1. The summed E-state index contributed by atoms with van der Waals surface area (Å²) in [6.07, 6.45) is 1.42. The van der Waals surface area contributed by atoms with Crippen LogP contribution in [0.25, 0.3) is 0 Å². The largest absolute Gasteiger partial charge is 0.395 e. The maximum atomic E-state index is 13.5. The summed E-state index contributed by atoms with van der Waals surface area (Å²) >= 11 is 0.950. The maximum Gasteiger partial charge on any atom is 0.140 e. The molecule has 0 saturated carbocycles. The van der Waals surface area contributed by atoms with E-state index in [2.05, 4.69) is 4.98 Å². The van der Waals surface area contributed by atoms with Gasteiger partial charge in [0, 0.05) is 17.2 Å². The van der Waals surface area contributed by atoms with Crippen molar-refractivity contribution in [2.75, 3.05) is 5.73 Å². The fraction of sp³-hybridized carbons (Fsp3) is 0. The molecule has 1 aromatic carbocycles. The summed E-state index contributed by atoms with van der Waals surface area (Å²) in [7, 11) is 0. The summed E-state index contributed by atoms with van der Waals surface area (Å²) in [6.45, 7) is 0. The lowest BCUT2D eigenvalue weighted by atomic mass is 10.2. The molecule has 2 N–H and O–H groups in total. The van der Waals surface area contributed by atoms with Crippen LogP contribution in [0, 0.1) is 23.0 Å². The van der Waals surface area contributed by atoms with Crippen molar-refractivity contribution in [3.05, 3.63) is 47.7 Å². The van der Waals surface area contributed by atoms with Gasteiger partial charge in [-0.25, -0.2) is 13.8 Å².